The normalized spacial score (nSPS) is 25.3. The zero-order chi connectivity index (χ0) is 13.5. The van der Waals surface area contributed by atoms with Crippen LogP contribution in [0, 0.1) is 0 Å². The molecular weight excluding hydrogens is 250 g/mol. The smallest absolute Gasteiger partial charge is 0.251 e. The van der Waals surface area contributed by atoms with Crippen LogP contribution in [-0.2, 0) is 6.42 Å². The highest BCUT2D eigenvalue weighted by Gasteiger charge is 2.34. The predicted molar refractivity (Wildman–Crippen MR) is 79.1 cm³/mol. The van der Waals surface area contributed by atoms with Crippen LogP contribution in [0.15, 0.2) is 18.2 Å². The third kappa shape index (κ3) is 2.29. The average molecular weight is 271 g/mol. The Morgan fingerprint density at radius 3 is 3.05 bits per heavy atom. The molecule has 2 fully saturated rings. The number of benzene rings is 1. The molecule has 2 N–H and O–H groups in total. The fourth-order valence-electron chi connectivity index (χ4n) is 3.39. The van der Waals surface area contributed by atoms with Crippen molar-refractivity contribution in [2.75, 3.05) is 25.0 Å². The molecule has 0 radical (unpaired) electrons. The maximum atomic E-state index is 12.3. The predicted octanol–water partition coefficient (Wildman–Crippen LogP) is 1.62. The van der Waals surface area contributed by atoms with Crippen molar-refractivity contribution in [3.8, 4) is 0 Å². The van der Waals surface area contributed by atoms with Gasteiger partial charge in [0.05, 0.1) is 0 Å². The lowest BCUT2D eigenvalue weighted by atomic mass is 10.1. The van der Waals surface area contributed by atoms with Gasteiger partial charge >= 0.3 is 0 Å². The van der Waals surface area contributed by atoms with E-state index in [9.17, 15) is 4.79 Å². The molecule has 1 aromatic carbocycles. The third-order valence-corrected chi connectivity index (χ3v) is 4.70. The number of hydrogen-bond donors (Lipinski definition) is 2. The van der Waals surface area contributed by atoms with Gasteiger partial charge in [0.15, 0.2) is 0 Å². The van der Waals surface area contributed by atoms with Crippen molar-refractivity contribution in [3.05, 3.63) is 29.3 Å². The Hall–Kier alpha value is -1.55. The van der Waals surface area contributed by atoms with E-state index in [1.807, 2.05) is 18.2 Å². The minimum absolute atomic E-state index is 0.0855. The van der Waals surface area contributed by atoms with Gasteiger partial charge in [-0.05, 0) is 49.4 Å². The number of likely N-dealkylation sites (tertiary alicyclic amines) is 1. The Morgan fingerprint density at radius 1 is 1.30 bits per heavy atom. The molecular formula is C16H21N3O. The Morgan fingerprint density at radius 2 is 2.20 bits per heavy atom. The minimum atomic E-state index is 0.0855. The highest BCUT2D eigenvalue weighted by Crippen LogP contribution is 2.30. The van der Waals surface area contributed by atoms with Gasteiger partial charge < -0.3 is 10.6 Å². The maximum Gasteiger partial charge on any atom is 0.251 e. The average Bonchev–Trinajstić information content (AvgIpc) is 3.02. The van der Waals surface area contributed by atoms with Crippen molar-refractivity contribution in [1.29, 1.82) is 0 Å². The van der Waals surface area contributed by atoms with Gasteiger partial charge in [0, 0.05) is 43.0 Å². The van der Waals surface area contributed by atoms with Gasteiger partial charge in [-0.25, -0.2) is 0 Å². The first-order chi connectivity index (χ1) is 9.79. The van der Waals surface area contributed by atoms with E-state index < -0.39 is 0 Å². The summed E-state index contributed by atoms with van der Waals surface area (Å²) in [5.41, 5.74) is 3.25. The van der Waals surface area contributed by atoms with Crippen LogP contribution in [0.4, 0.5) is 5.69 Å². The first kappa shape index (κ1) is 12.2. The van der Waals surface area contributed by atoms with Gasteiger partial charge in [-0.15, -0.1) is 0 Å². The van der Waals surface area contributed by atoms with Crippen molar-refractivity contribution in [2.45, 2.75) is 37.8 Å². The van der Waals surface area contributed by atoms with E-state index in [4.69, 9.17) is 0 Å². The van der Waals surface area contributed by atoms with Crippen LogP contribution in [0.5, 0.6) is 0 Å². The van der Waals surface area contributed by atoms with Gasteiger partial charge in [0.25, 0.3) is 5.91 Å². The van der Waals surface area contributed by atoms with Gasteiger partial charge in [0.2, 0.25) is 0 Å². The molecule has 20 heavy (non-hydrogen) atoms. The summed E-state index contributed by atoms with van der Waals surface area (Å²) in [6.07, 6.45) is 4.81. The second-order valence-corrected chi connectivity index (χ2v) is 6.23. The topological polar surface area (TPSA) is 44.4 Å². The molecule has 106 valence electrons. The van der Waals surface area contributed by atoms with Crippen LogP contribution >= 0.6 is 0 Å². The SMILES string of the molecule is O=C(NC1CCN(C2CC2)C1)c1ccc2c(c1)CCN2. The summed E-state index contributed by atoms with van der Waals surface area (Å²) in [4.78, 5) is 14.9. The van der Waals surface area contributed by atoms with Crippen LogP contribution in [0.3, 0.4) is 0 Å². The van der Waals surface area contributed by atoms with Gasteiger partial charge in [-0.2, -0.15) is 0 Å². The van der Waals surface area contributed by atoms with Gasteiger partial charge in [0.1, 0.15) is 0 Å². The summed E-state index contributed by atoms with van der Waals surface area (Å²) in [6, 6.07) is 7.14. The second kappa shape index (κ2) is 4.77. The zero-order valence-corrected chi connectivity index (χ0v) is 11.7. The minimum Gasteiger partial charge on any atom is -0.384 e. The molecule has 0 spiro atoms. The Balaban J connectivity index is 1.40. The summed E-state index contributed by atoms with van der Waals surface area (Å²) in [7, 11) is 0. The third-order valence-electron chi connectivity index (χ3n) is 4.70. The van der Waals surface area contributed by atoms with Gasteiger partial charge in [-0.1, -0.05) is 0 Å². The molecule has 4 heteroatoms. The molecule has 0 aromatic heterocycles. The molecule has 1 saturated carbocycles. The lowest BCUT2D eigenvalue weighted by Crippen LogP contribution is -2.37. The van der Waals surface area contributed by atoms with Crippen molar-refractivity contribution in [2.24, 2.45) is 0 Å². The highest BCUT2D eigenvalue weighted by atomic mass is 16.1. The Kier molecular flexibility index (Phi) is 2.91. The molecule has 3 aliphatic rings. The van der Waals surface area contributed by atoms with E-state index in [1.54, 1.807) is 0 Å². The van der Waals surface area contributed by atoms with E-state index in [0.717, 1.165) is 44.1 Å². The quantitative estimate of drug-likeness (QED) is 0.878. The molecule has 1 aliphatic carbocycles. The summed E-state index contributed by atoms with van der Waals surface area (Å²) >= 11 is 0. The van der Waals surface area contributed by atoms with E-state index in [1.165, 1.54) is 24.1 Å². The summed E-state index contributed by atoms with van der Waals surface area (Å²) < 4.78 is 0. The van der Waals surface area contributed by atoms with E-state index in [2.05, 4.69) is 15.5 Å². The van der Waals surface area contributed by atoms with Crippen LogP contribution < -0.4 is 10.6 Å². The molecule has 1 saturated heterocycles. The number of nitrogens with zero attached hydrogens (tertiary/aromatic N) is 1. The second-order valence-electron chi connectivity index (χ2n) is 6.23. The summed E-state index contributed by atoms with van der Waals surface area (Å²) in [5.74, 6) is 0.0855. The Labute approximate surface area is 119 Å². The number of anilines is 1. The van der Waals surface area contributed by atoms with Crippen molar-refractivity contribution >= 4 is 11.6 Å². The van der Waals surface area contributed by atoms with Crippen molar-refractivity contribution < 1.29 is 4.79 Å². The van der Waals surface area contributed by atoms with Crippen molar-refractivity contribution in [3.63, 3.8) is 0 Å². The number of carbonyl (C=O) groups is 1. The van der Waals surface area contributed by atoms with E-state index in [-0.39, 0.29) is 5.91 Å². The number of rotatable bonds is 3. The van der Waals surface area contributed by atoms with Crippen LogP contribution in [0.2, 0.25) is 0 Å². The number of hydrogen-bond acceptors (Lipinski definition) is 3. The lowest BCUT2D eigenvalue weighted by Gasteiger charge is -2.16. The van der Waals surface area contributed by atoms with Crippen LogP contribution in [0.1, 0.15) is 35.2 Å². The monoisotopic (exact) mass is 271 g/mol. The van der Waals surface area contributed by atoms with Gasteiger partial charge in [-0.3, -0.25) is 9.69 Å². The molecule has 4 nitrogen and oxygen atoms in total. The van der Waals surface area contributed by atoms with E-state index in [0.29, 0.717) is 6.04 Å². The Bertz CT molecular complexity index is 539. The first-order valence-electron chi connectivity index (χ1n) is 7.71. The fourth-order valence-corrected chi connectivity index (χ4v) is 3.39. The van der Waals surface area contributed by atoms with E-state index >= 15 is 0 Å². The number of fused-ring (bicyclic) bond motifs is 1. The number of carbonyl (C=O) groups excluding carboxylic acids is 1. The van der Waals surface area contributed by atoms with Crippen LogP contribution in [0.25, 0.3) is 0 Å². The standard InChI is InChI=1S/C16H21N3O/c20-16(12-1-4-15-11(9-12)5-7-17-15)18-13-6-8-19(10-13)14-2-3-14/h1,4,9,13-14,17H,2-3,5-8,10H2,(H,18,20). The highest BCUT2D eigenvalue weighted by molar-refractivity contribution is 5.95. The molecule has 1 aromatic rings. The molecule has 2 aliphatic heterocycles. The molecule has 4 rings (SSSR count). The molecule has 1 atom stereocenters. The van der Waals surface area contributed by atoms with Crippen LogP contribution in [-0.4, -0.2) is 42.5 Å². The summed E-state index contributed by atoms with van der Waals surface area (Å²) in [6.45, 7) is 3.16. The van der Waals surface area contributed by atoms with Crippen molar-refractivity contribution in [1.82, 2.24) is 10.2 Å². The maximum absolute atomic E-state index is 12.3. The number of nitrogens with one attached hydrogen (secondary N) is 2. The molecule has 1 amide bonds. The number of amides is 1. The molecule has 0 bridgehead atoms. The molecule has 1 unspecified atom stereocenters. The largest absolute Gasteiger partial charge is 0.384 e. The first-order valence-corrected chi connectivity index (χ1v) is 7.71. The fraction of sp³-hybridized carbons (Fsp3) is 0.562. The lowest BCUT2D eigenvalue weighted by molar-refractivity contribution is 0.0937. The summed E-state index contributed by atoms with van der Waals surface area (Å²) in [5, 5.41) is 6.52. The zero-order valence-electron chi connectivity index (χ0n) is 11.7. The molecule has 2 heterocycles.